The maximum absolute atomic E-state index is 3.69. The summed E-state index contributed by atoms with van der Waals surface area (Å²) in [5.41, 5.74) is 2.84. The summed E-state index contributed by atoms with van der Waals surface area (Å²) in [7, 11) is 0. The van der Waals surface area contributed by atoms with E-state index in [-0.39, 0.29) is 0 Å². The van der Waals surface area contributed by atoms with Crippen LogP contribution in [0.15, 0.2) is 24.3 Å². The Kier molecular flexibility index (Phi) is 4.30. The minimum absolute atomic E-state index is 0.733. The van der Waals surface area contributed by atoms with Gasteiger partial charge < -0.3 is 5.32 Å². The average molecular weight is 235 g/mol. The molecule has 2 heteroatoms. The normalized spacial score (nSPS) is 24.9. The van der Waals surface area contributed by atoms with Gasteiger partial charge in [0.25, 0.3) is 0 Å². The highest BCUT2D eigenvalue weighted by Crippen LogP contribution is 2.28. The highest BCUT2D eigenvalue weighted by Gasteiger charge is 2.23. The second-order valence-electron chi connectivity index (χ2n) is 4.68. The molecule has 88 valence electrons. The lowest BCUT2D eigenvalue weighted by Crippen LogP contribution is -2.26. The Morgan fingerprint density at radius 3 is 2.81 bits per heavy atom. The molecular formula is C14H21NS. The largest absolute Gasteiger partial charge is 0.310 e. The molecule has 1 N–H and O–H groups in total. The topological polar surface area (TPSA) is 12.0 Å². The fourth-order valence-corrected chi connectivity index (χ4v) is 3.20. The summed E-state index contributed by atoms with van der Waals surface area (Å²) in [6.07, 6.45) is 6.30. The quantitative estimate of drug-likeness (QED) is 0.859. The van der Waals surface area contributed by atoms with E-state index in [1.807, 2.05) is 11.8 Å². The Labute approximate surface area is 103 Å². The molecule has 0 heterocycles. The first-order chi connectivity index (χ1) is 7.79. The van der Waals surface area contributed by atoms with Gasteiger partial charge in [0.1, 0.15) is 0 Å². The third-order valence-electron chi connectivity index (χ3n) is 3.56. The van der Waals surface area contributed by atoms with Gasteiger partial charge in [0.2, 0.25) is 0 Å². The van der Waals surface area contributed by atoms with Crippen molar-refractivity contribution >= 4 is 11.8 Å². The summed E-state index contributed by atoms with van der Waals surface area (Å²) < 4.78 is 0. The standard InChI is InChI=1S/C14H21NS/c1-11-5-3-4-6-12(11)10-15-13-7-8-14(9-13)16-2/h3-6,13-15H,7-10H2,1-2H3. The van der Waals surface area contributed by atoms with Crippen LogP contribution >= 0.6 is 11.8 Å². The molecule has 1 saturated carbocycles. The van der Waals surface area contributed by atoms with Crippen molar-refractivity contribution < 1.29 is 0 Å². The predicted octanol–water partition coefficient (Wildman–Crippen LogP) is 3.37. The third-order valence-corrected chi connectivity index (χ3v) is 4.66. The van der Waals surface area contributed by atoms with Gasteiger partial charge >= 0.3 is 0 Å². The van der Waals surface area contributed by atoms with Crippen molar-refractivity contribution in [2.75, 3.05) is 6.26 Å². The van der Waals surface area contributed by atoms with Gasteiger partial charge in [-0.3, -0.25) is 0 Å². The Balaban J connectivity index is 1.82. The van der Waals surface area contributed by atoms with Crippen LogP contribution in [-0.2, 0) is 6.54 Å². The van der Waals surface area contributed by atoms with Crippen LogP contribution < -0.4 is 5.32 Å². The molecule has 1 aliphatic carbocycles. The number of aryl methyl sites for hydroxylation is 1. The zero-order chi connectivity index (χ0) is 11.4. The number of thioether (sulfide) groups is 1. The van der Waals surface area contributed by atoms with Gasteiger partial charge in [0.05, 0.1) is 0 Å². The van der Waals surface area contributed by atoms with E-state index in [1.165, 1.54) is 30.4 Å². The van der Waals surface area contributed by atoms with Gasteiger partial charge in [0.15, 0.2) is 0 Å². The number of hydrogen-bond acceptors (Lipinski definition) is 2. The lowest BCUT2D eigenvalue weighted by atomic mass is 10.1. The van der Waals surface area contributed by atoms with Crippen molar-refractivity contribution in [3.8, 4) is 0 Å². The first-order valence-corrected chi connectivity index (χ1v) is 7.39. The molecule has 16 heavy (non-hydrogen) atoms. The van der Waals surface area contributed by atoms with Crippen LogP contribution in [0.1, 0.15) is 30.4 Å². The Hall–Kier alpha value is -0.470. The molecule has 0 saturated heterocycles. The van der Waals surface area contributed by atoms with Crippen LogP contribution in [0, 0.1) is 6.92 Å². The maximum Gasteiger partial charge on any atom is 0.0210 e. The molecule has 0 aliphatic heterocycles. The van der Waals surface area contributed by atoms with Crippen LogP contribution in [0.3, 0.4) is 0 Å². The zero-order valence-electron chi connectivity index (χ0n) is 10.2. The summed E-state index contributed by atoms with van der Waals surface area (Å²) >= 11 is 2.02. The summed E-state index contributed by atoms with van der Waals surface area (Å²) in [6.45, 7) is 3.22. The SMILES string of the molecule is CSC1CCC(NCc2ccccc2C)C1. The molecule has 1 nitrogen and oxygen atoms in total. The molecule has 1 aliphatic rings. The fourth-order valence-electron chi connectivity index (χ4n) is 2.40. The maximum atomic E-state index is 3.69. The highest BCUT2D eigenvalue weighted by molar-refractivity contribution is 7.99. The fraction of sp³-hybridized carbons (Fsp3) is 0.571. The molecular weight excluding hydrogens is 214 g/mol. The van der Waals surface area contributed by atoms with Crippen LogP contribution in [0.4, 0.5) is 0 Å². The summed E-state index contributed by atoms with van der Waals surface area (Å²) in [6, 6.07) is 9.39. The van der Waals surface area contributed by atoms with Gasteiger partial charge in [-0.2, -0.15) is 11.8 Å². The van der Waals surface area contributed by atoms with Crippen LogP contribution in [0.25, 0.3) is 0 Å². The van der Waals surface area contributed by atoms with E-state index in [1.54, 1.807) is 0 Å². The van der Waals surface area contributed by atoms with Crippen LogP contribution in [-0.4, -0.2) is 17.5 Å². The molecule has 1 aromatic rings. The van der Waals surface area contributed by atoms with E-state index in [2.05, 4.69) is 42.8 Å². The van der Waals surface area contributed by atoms with Gasteiger partial charge in [-0.05, 0) is 43.6 Å². The molecule has 0 amide bonds. The predicted molar refractivity (Wildman–Crippen MR) is 73.0 cm³/mol. The van der Waals surface area contributed by atoms with Crippen molar-refractivity contribution in [2.45, 2.75) is 44.0 Å². The number of rotatable bonds is 4. The lowest BCUT2D eigenvalue weighted by Gasteiger charge is -2.13. The number of nitrogens with one attached hydrogen (secondary N) is 1. The number of hydrogen-bond donors (Lipinski definition) is 1. The van der Waals surface area contributed by atoms with E-state index in [0.29, 0.717) is 0 Å². The van der Waals surface area contributed by atoms with Crippen molar-refractivity contribution in [2.24, 2.45) is 0 Å². The van der Waals surface area contributed by atoms with E-state index < -0.39 is 0 Å². The molecule has 1 aromatic carbocycles. The molecule has 1 fully saturated rings. The van der Waals surface area contributed by atoms with Crippen molar-refractivity contribution in [3.05, 3.63) is 35.4 Å². The van der Waals surface area contributed by atoms with E-state index >= 15 is 0 Å². The highest BCUT2D eigenvalue weighted by atomic mass is 32.2. The smallest absolute Gasteiger partial charge is 0.0210 e. The Morgan fingerprint density at radius 1 is 1.31 bits per heavy atom. The molecule has 2 rings (SSSR count). The first kappa shape index (κ1) is 12.0. The van der Waals surface area contributed by atoms with Crippen molar-refractivity contribution in [1.29, 1.82) is 0 Å². The molecule has 0 aromatic heterocycles. The summed E-state index contributed by atoms with van der Waals surface area (Å²) in [5, 5.41) is 4.57. The Bertz CT molecular complexity index is 337. The first-order valence-electron chi connectivity index (χ1n) is 6.10. The zero-order valence-corrected chi connectivity index (χ0v) is 11.0. The van der Waals surface area contributed by atoms with Gasteiger partial charge in [-0.25, -0.2) is 0 Å². The van der Waals surface area contributed by atoms with E-state index in [4.69, 9.17) is 0 Å². The number of benzene rings is 1. The van der Waals surface area contributed by atoms with Crippen LogP contribution in [0.2, 0.25) is 0 Å². The summed E-state index contributed by atoms with van der Waals surface area (Å²) in [5.74, 6) is 0. The lowest BCUT2D eigenvalue weighted by molar-refractivity contribution is 0.524. The second-order valence-corrected chi connectivity index (χ2v) is 5.81. The second kappa shape index (κ2) is 5.74. The average Bonchev–Trinajstić information content (AvgIpc) is 2.76. The van der Waals surface area contributed by atoms with E-state index in [9.17, 15) is 0 Å². The minimum atomic E-state index is 0.733. The van der Waals surface area contributed by atoms with Crippen molar-refractivity contribution in [3.63, 3.8) is 0 Å². The minimum Gasteiger partial charge on any atom is -0.310 e. The monoisotopic (exact) mass is 235 g/mol. The Morgan fingerprint density at radius 2 is 2.12 bits per heavy atom. The van der Waals surface area contributed by atoms with Gasteiger partial charge in [-0.15, -0.1) is 0 Å². The summed E-state index contributed by atoms with van der Waals surface area (Å²) in [4.78, 5) is 0. The van der Waals surface area contributed by atoms with Gasteiger partial charge in [-0.1, -0.05) is 24.3 Å². The molecule has 2 unspecified atom stereocenters. The van der Waals surface area contributed by atoms with Crippen LogP contribution in [0.5, 0.6) is 0 Å². The molecule has 0 spiro atoms. The molecule has 0 radical (unpaired) electrons. The molecule has 0 bridgehead atoms. The third kappa shape index (κ3) is 3.02. The van der Waals surface area contributed by atoms with Gasteiger partial charge in [0, 0.05) is 17.8 Å². The molecule has 2 atom stereocenters. The van der Waals surface area contributed by atoms with Crippen molar-refractivity contribution in [1.82, 2.24) is 5.32 Å². The van der Waals surface area contributed by atoms with E-state index in [0.717, 1.165) is 17.8 Å².